The molecule has 0 saturated carbocycles. The molecule has 11 heavy (non-hydrogen) atoms. The van der Waals surface area contributed by atoms with Crippen LogP contribution in [-0.2, 0) is 0 Å². The fourth-order valence-electron chi connectivity index (χ4n) is 0.700. The largest absolute Gasteiger partial charge is 0.294 e. The van der Waals surface area contributed by atoms with Gasteiger partial charge in [-0.2, -0.15) is 0 Å². The van der Waals surface area contributed by atoms with E-state index in [1.165, 1.54) is 12.1 Å². The summed E-state index contributed by atoms with van der Waals surface area (Å²) in [4.78, 5) is 13.7. The lowest BCUT2D eigenvalue weighted by Crippen LogP contribution is -1.89. The van der Waals surface area contributed by atoms with Crippen LogP contribution in [0.1, 0.15) is 10.4 Å². The van der Waals surface area contributed by atoms with Crippen molar-refractivity contribution in [1.82, 2.24) is 0 Å². The normalized spacial score (nSPS) is 8.73. The molecular weight excluding hydrogens is 138 g/mol. The van der Waals surface area contributed by atoms with Gasteiger partial charge in [-0.1, -0.05) is 24.3 Å². The Kier molecular flexibility index (Phi) is 2.03. The average Bonchev–Trinajstić information content (AvgIpc) is 2.05. The number of carbonyl (C=O) groups excluding carboxylic acids is 1. The van der Waals surface area contributed by atoms with Crippen molar-refractivity contribution in [2.24, 2.45) is 0 Å². The lowest BCUT2D eigenvalue weighted by molar-refractivity contribution is 0.104. The summed E-state index contributed by atoms with van der Waals surface area (Å²) >= 11 is 0. The van der Waals surface area contributed by atoms with Crippen molar-refractivity contribution in [3.05, 3.63) is 48.2 Å². The zero-order valence-corrected chi connectivity index (χ0v) is 5.74. The topological polar surface area (TPSA) is 21.4 Å². The number of benzene rings is 1. The minimum atomic E-state index is -0.471. The molecule has 1 rings (SSSR count). The lowest BCUT2D eigenvalue weighted by atomic mass is 10.1. The zero-order valence-electron chi connectivity index (χ0n) is 5.74. The molecule has 52 valence electrons. The van der Waals surface area contributed by atoms with Gasteiger partial charge >= 0.3 is 0 Å². The van der Waals surface area contributed by atoms with Gasteiger partial charge in [0.1, 0.15) is 0 Å². The van der Waals surface area contributed by atoms with Crippen LogP contribution in [0, 0.1) is 13.5 Å². The SMILES string of the molecule is [C-]#[N+]c1ccc(C([CH])=O)cc1. The molecule has 1 aromatic rings. The summed E-state index contributed by atoms with van der Waals surface area (Å²) in [6, 6.07) is 6.20. The van der Waals surface area contributed by atoms with Crippen LogP contribution < -0.4 is 0 Å². The van der Waals surface area contributed by atoms with Crippen molar-refractivity contribution in [2.45, 2.75) is 0 Å². The Morgan fingerprint density at radius 1 is 1.36 bits per heavy atom. The number of rotatable bonds is 1. The first-order chi connectivity index (χ1) is 5.24. The molecule has 0 N–H and O–H groups in total. The molecule has 0 aromatic heterocycles. The van der Waals surface area contributed by atoms with Gasteiger partial charge < -0.3 is 0 Å². The molecule has 2 nitrogen and oxygen atoms in total. The third-order valence-corrected chi connectivity index (χ3v) is 1.28. The van der Waals surface area contributed by atoms with E-state index in [4.69, 9.17) is 13.5 Å². The molecule has 0 amide bonds. The highest BCUT2D eigenvalue weighted by Crippen LogP contribution is 2.12. The van der Waals surface area contributed by atoms with Gasteiger partial charge in [-0.25, -0.2) is 4.85 Å². The highest BCUT2D eigenvalue weighted by atomic mass is 16.1. The highest BCUT2D eigenvalue weighted by molar-refractivity contribution is 5.99. The molecule has 0 fully saturated rings. The molecule has 2 radical (unpaired) electrons. The molecule has 1 aromatic carbocycles. The summed E-state index contributed by atoms with van der Waals surface area (Å²) in [5, 5.41) is 0. The summed E-state index contributed by atoms with van der Waals surface area (Å²) in [5.74, 6) is -0.471. The van der Waals surface area contributed by atoms with Crippen LogP contribution in [0.4, 0.5) is 5.69 Å². The van der Waals surface area contributed by atoms with Gasteiger partial charge in [-0.3, -0.25) is 4.79 Å². The van der Waals surface area contributed by atoms with Crippen LogP contribution in [-0.4, -0.2) is 5.78 Å². The van der Waals surface area contributed by atoms with E-state index in [-0.39, 0.29) is 0 Å². The summed E-state index contributed by atoms with van der Waals surface area (Å²) in [6.07, 6.45) is 0. The predicted molar refractivity (Wildman–Crippen MR) is 41.3 cm³/mol. The third-order valence-electron chi connectivity index (χ3n) is 1.28. The highest BCUT2D eigenvalue weighted by Gasteiger charge is 1.97. The molecule has 0 aliphatic carbocycles. The minimum absolute atomic E-state index is 0.428. The molecule has 0 bridgehead atoms. The Morgan fingerprint density at radius 3 is 2.27 bits per heavy atom. The van der Waals surface area contributed by atoms with E-state index < -0.39 is 5.78 Å². The Balaban J connectivity index is 3.03. The molecule has 0 spiro atoms. The van der Waals surface area contributed by atoms with Crippen molar-refractivity contribution in [1.29, 1.82) is 0 Å². The van der Waals surface area contributed by atoms with Crippen molar-refractivity contribution >= 4 is 11.5 Å². The molecule has 0 unspecified atom stereocenters. The maximum atomic E-state index is 10.5. The second-order valence-corrected chi connectivity index (χ2v) is 2.02. The van der Waals surface area contributed by atoms with Crippen LogP contribution in [0.2, 0.25) is 0 Å². The van der Waals surface area contributed by atoms with Gasteiger partial charge in [0, 0.05) is 12.5 Å². The fraction of sp³-hybridized carbons (Fsp3) is 0. The van der Waals surface area contributed by atoms with Crippen molar-refractivity contribution < 1.29 is 4.79 Å². The molecular formula is C9H5NO. The Hall–Kier alpha value is -1.62. The molecule has 0 aliphatic heterocycles. The first-order valence-corrected chi connectivity index (χ1v) is 3.01. The standard InChI is InChI=1S/C9H5NO/c1-7(11)8-3-5-9(10-2)6-4-8/h1,3-6H. The van der Waals surface area contributed by atoms with E-state index in [2.05, 4.69) is 4.85 Å². The number of hydrogen-bond donors (Lipinski definition) is 0. The smallest absolute Gasteiger partial charge is 0.187 e. The summed E-state index contributed by atoms with van der Waals surface area (Å²) in [6.45, 7) is 11.6. The predicted octanol–water partition coefficient (Wildman–Crippen LogP) is 2.13. The van der Waals surface area contributed by atoms with E-state index in [0.29, 0.717) is 11.3 Å². The number of ketones is 1. The summed E-state index contributed by atoms with van der Waals surface area (Å²) < 4.78 is 0. The van der Waals surface area contributed by atoms with Gasteiger partial charge in [0.25, 0.3) is 0 Å². The number of Topliss-reactive ketones (excluding diaryl/α,β-unsaturated/α-hetero) is 1. The van der Waals surface area contributed by atoms with E-state index in [1.807, 2.05) is 0 Å². The monoisotopic (exact) mass is 143 g/mol. The van der Waals surface area contributed by atoms with E-state index in [1.54, 1.807) is 12.1 Å². The molecule has 0 atom stereocenters. The van der Waals surface area contributed by atoms with Crippen LogP contribution in [0.15, 0.2) is 24.3 Å². The third kappa shape index (κ3) is 1.65. The first kappa shape index (κ1) is 7.49. The van der Waals surface area contributed by atoms with E-state index >= 15 is 0 Å². The van der Waals surface area contributed by atoms with Gasteiger partial charge in [-0.15, -0.1) is 0 Å². The minimum Gasteiger partial charge on any atom is -0.294 e. The molecule has 0 saturated heterocycles. The van der Waals surface area contributed by atoms with Crippen molar-refractivity contribution in [3.8, 4) is 0 Å². The first-order valence-electron chi connectivity index (χ1n) is 3.01. The van der Waals surface area contributed by atoms with Crippen molar-refractivity contribution in [2.75, 3.05) is 0 Å². The fourth-order valence-corrected chi connectivity index (χ4v) is 0.700. The maximum absolute atomic E-state index is 10.5. The second-order valence-electron chi connectivity index (χ2n) is 2.02. The quantitative estimate of drug-likeness (QED) is 0.436. The summed E-state index contributed by atoms with van der Waals surface area (Å²) in [5.41, 5.74) is 0.937. The zero-order chi connectivity index (χ0) is 8.27. The Bertz CT molecular complexity index is 305. The van der Waals surface area contributed by atoms with Gasteiger partial charge in [0.05, 0.1) is 6.57 Å². The van der Waals surface area contributed by atoms with Gasteiger partial charge in [0.15, 0.2) is 11.5 Å². The van der Waals surface area contributed by atoms with E-state index in [9.17, 15) is 4.79 Å². The molecule has 0 aliphatic rings. The number of hydrogen-bond acceptors (Lipinski definition) is 1. The maximum Gasteiger partial charge on any atom is 0.187 e. The second kappa shape index (κ2) is 2.98. The van der Waals surface area contributed by atoms with Crippen LogP contribution in [0.3, 0.4) is 0 Å². The van der Waals surface area contributed by atoms with Gasteiger partial charge in [0.2, 0.25) is 0 Å². The average molecular weight is 143 g/mol. The van der Waals surface area contributed by atoms with Crippen LogP contribution >= 0.6 is 0 Å². The van der Waals surface area contributed by atoms with Crippen molar-refractivity contribution in [3.63, 3.8) is 0 Å². The van der Waals surface area contributed by atoms with Crippen LogP contribution in [0.25, 0.3) is 4.85 Å². The molecule has 2 heteroatoms. The van der Waals surface area contributed by atoms with Gasteiger partial charge in [-0.05, 0) is 0 Å². The van der Waals surface area contributed by atoms with Crippen LogP contribution in [0.5, 0.6) is 0 Å². The Morgan fingerprint density at radius 2 is 1.91 bits per heavy atom. The summed E-state index contributed by atoms with van der Waals surface area (Å²) in [7, 11) is 0. The lowest BCUT2D eigenvalue weighted by Gasteiger charge is -1.92. The number of nitrogens with zero attached hydrogens (tertiary/aromatic N) is 1. The number of carbonyl (C=O) groups is 1. The molecule has 0 heterocycles. The van der Waals surface area contributed by atoms with E-state index in [0.717, 1.165) is 0 Å². The Labute approximate surface area is 65.3 Å².